The SMILES string of the molecule is N#CCSc1nonc1/C(=N\O)Nc1ccc(F)c(Br)c1. The highest BCUT2D eigenvalue weighted by molar-refractivity contribution is 9.10. The summed E-state index contributed by atoms with van der Waals surface area (Å²) < 4.78 is 18.0. The second kappa shape index (κ2) is 7.05. The smallest absolute Gasteiger partial charge is 0.202 e. The van der Waals surface area contributed by atoms with Crippen molar-refractivity contribution in [3.63, 3.8) is 0 Å². The molecule has 0 fully saturated rings. The molecule has 2 N–H and O–H groups in total. The predicted molar refractivity (Wildman–Crippen MR) is 76.7 cm³/mol. The Morgan fingerprint density at radius 3 is 3.05 bits per heavy atom. The molecule has 0 atom stereocenters. The molecule has 0 aliphatic heterocycles. The summed E-state index contributed by atoms with van der Waals surface area (Å²) in [7, 11) is 0. The molecular weight excluding hydrogens is 365 g/mol. The van der Waals surface area contributed by atoms with Gasteiger partial charge in [-0.2, -0.15) is 5.26 Å². The fourth-order valence-corrected chi connectivity index (χ4v) is 2.30. The van der Waals surface area contributed by atoms with Gasteiger partial charge >= 0.3 is 0 Å². The fourth-order valence-electron chi connectivity index (χ4n) is 1.36. The molecule has 10 heteroatoms. The van der Waals surface area contributed by atoms with Crippen LogP contribution in [0.3, 0.4) is 0 Å². The minimum atomic E-state index is -0.420. The van der Waals surface area contributed by atoms with Gasteiger partial charge in [-0.15, -0.1) is 0 Å². The minimum Gasteiger partial charge on any atom is -0.409 e. The van der Waals surface area contributed by atoms with Crippen LogP contribution in [0.15, 0.2) is 37.5 Å². The van der Waals surface area contributed by atoms with Crippen molar-refractivity contribution in [2.45, 2.75) is 5.03 Å². The summed E-state index contributed by atoms with van der Waals surface area (Å²) in [6.07, 6.45) is 0. The van der Waals surface area contributed by atoms with Gasteiger partial charge < -0.3 is 10.5 Å². The van der Waals surface area contributed by atoms with E-state index >= 15 is 0 Å². The van der Waals surface area contributed by atoms with Gasteiger partial charge in [0.05, 0.1) is 16.3 Å². The molecule has 2 aromatic rings. The van der Waals surface area contributed by atoms with Crippen LogP contribution in [0, 0.1) is 17.1 Å². The lowest BCUT2D eigenvalue weighted by molar-refractivity contribution is 0.297. The zero-order chi connectivity index (χ0) is 15.2. The average Bonchev–Trinajstić information content (AvgIpc) is 2.94. The van der Waals surface area contributed by atoms with E-state index in [0.717, 1.165) is 11.8 Å². The number of nitrogens with zero attached hydrogens (tertiary/aromatic N) is 4. The third-order valence-electron chi connectivity index (χ3n) is 2.24. The Morgan fingerprint density at radius 2 is 2.38 bits per heavy atom. The Hall–Kier alpha value is -2.12. The van der Waals surface area contributed by atoms with Gasteiger partial charge in [0.1, 0.15) is 5.82 Å². The van der Waals surface area contributed by atoms with Crippen LogP contribution in [-0.2, 0) is 0 Å². The summed E-state index contributed by atoms with van der Waals surface area (Å²) in [5.41, 5.74) is 0.619. The summed E-state index contributed by atoms with van der Waals surface area (Å²) in [5, 5.41) is 31.0. The third kappa shape index (κ3) is 3.71. The molecule has 1 aromatic carbocycles. The Labute approximate surface area is 130 Å². The van der Waals surface area contributed by atoms with E-state index < -0.39 is 5.82 Å². The molecule has 1 heterocycles. The lowest BCUT2D eigenvalue weighted by atomic mass is 10.3. The van der Waals surface area contributed by atoms with E-state index in [9.17, 15) is 4.39 Å². The second-order valence-electron chi connectivity index (χ2n) is 3.57. The predicted octanol–water partition coefficient (Wildman–Crippen LogP) is 2.83. The molecule has 0 aliphatic carbocycles. The average molecular weight is 372 g/mol. The number of benzene rings is 1. The Bertz CT molecular complexity index is 715. The van der Waals surface area contributed by atoms with Gasteiger partial charge in [-0.05, 0) is 44.4 Å². The van der Waals surface area contributed by atoms with E-state index in [1.165, 1.54) is 18.2 Å². The monoisotopic (exact) mass is 371 g/mol. The van der Waals surface area contributed by atoms with Crippen molar-refractivity contribution in [3.8, 4) is 6.07 Å². The number of thioether (sulfide) groups is 1. The molecule has 21 heavy (non-hydrogen) atoms. The van der Waals surface area contributed by atoms with Gasteiger partial charge in [0.25, 0.3) is 0 Å². The molecule has 2 rings (SSSR count). The number of anilines is 1. The third-order valence-corrected chi connectivity index (χ3v) is 3.66. The molecule has 0 bridgehead atoms. The van der Waals surface area contributed by atoms with Crippen LogP contribution in [0.4, 0.5) is 10.1 Å². The van der Waals surface area contributed by atoms with Crippen molar-refractivity contribution >= 4 is 39.2 Å². The summed E-state index contributed by atoms with van der Waals surface area (Å²) >= 11 is 4.14. The highest BCUT2D eigenvalue weighted by atomic mass is 79.9. The van der Waals surface area contributed by atoms with Crippen LogP contribution in [0.5, 0.6) is 0 Å². The van der Waals surface area contributed by atoms with Gasteiger partial charge in [0.15, 0.2) is 10.7 Å². The number of oxime groups is 1. The first-order valence-electron chi connectivity index (χ1n) is 5.42. The molecule has 0 unspecified atom stereocenters. The van der Waals surface area contributed by atoms with E-state index in [2.05, 4.69) is 41.3 Å². The van der Waals surface area contributed by atoms with Crippen molar-refractivity contribution in [2.24, 2.45) is 5.16 Å². The van der Waals surface area contributed by atoms with Crippen molar-refractivity contribution in [1.82, 2.24) is 10.3 Å². The zero-order valence-corrected chi connectivity index (χ0v) is 12.7. The highest BCUT2D eigenvalue weighted by Crippen LogP contribution is 2.23. The number of hydrogen-bond donors (Lipinski definition) is 2. The molecular formula is C11H7BrFN5O2S. The van der Waals surface area contributed by atoms with Crippen LogP contribution in [0.1, 0.15) is 5.69 Å². The number of hydrogen-bond acceptors (Lipinski definition) is 7. The van der Waals surface area contributed by atoms with Crippen LogP contribution in [0.2, 0.25) is 0 Å². The topological polar surface area (TPSA) is 107 Å². The second-order valence-corrected chi connectivity index (χ2v) is 5.39. The van der Waals surface area contributed by atoms with Crippen LogP contribution < -0.4 is 5.32 Å². The molecule has 0 saturated carbocycles. The number of amidine groups is 1. The number of nitrogens with one attached hydrogen (secondary N) is 1. The van der Waals surface area contributed by atoms with Gasteiger partial charge in [0, 0.05) is 5.69 Å². The van der Waals surface area contributed by atoms with Crippen LogP contribution in [0.25, 0.3) is 0 Å². The lowest BCUT2D eigenvalue weighted by Crippen LogP contribution is -2.15. The normalized spacial score (nSPS) is 11.2. The first-order valence-corrected chi connectivity index (χ1v) is 7.20. The number of nitriles is 1. The van der Waals surface area contributed by atoms with Gasteiger partial charge in [-0.25, -0.2) is 9.02 Å². The number of aromatic nitrogens is 2. The van der Waals surface area contributed by atoms with Gasteiger partial charge in [0.2, 0.25) is 5.84 Å². The largest absolute Gasteiger partial charge is 0.409 e. The Balaban J connectivity index is 2.23. The summed E-state index contributed by atoms with van der Waals surface area (Å²) in [6, 6.07) is 6.11. The van der Waals surface area contributed by atoms with E-state index in [0.29, 0.717) is 10.7 Å². The Morgan fingerprint density at radius 1 is 1.57 bits per heavy atom. The summed E-state index contributed by atoms with van der Waals surface area (Å²) in [6.45, 7) is 0. The molecule has 7 nitrogen and oxygen atoms in total. The van der Waals surface area contributed by atoms with E-state index in [1.54, 1.807) is 0 Å². The zero-order valence-electron chi connectivity index (χ0n) is 10.2. The summed E-state index contributed by atoms with van der Waals surface area (Å²) in [4.78, 5) is 0. The first kappa shape index (κ1) is 15.3. The van der Waals surface area contributed by atoms with Crippen molar-refractivity contribution in [2.75, 3.05) is 11.1 Å². The standard InChI is InChI=1S/C11H7BrFN5O2S/c12-7-5-6(1-2-8(7)13)15-10(16-19)9-11(18-20-17-9)21-4-3-14/h1-2,5,19H,4H2,(H,15,16). The molecule has 1 aromatic heterocycles. The quantitative estimate of drug-likeness (QED) is 0.279. The number of halogens is 2. The van der Waals surface area contributed by atoms with Gasteiger partial charge in [-0.3, -0.25) is 0 Å². The molecule has 108 valence electrons. The van der Waals surface area contributed by atoms with Crippen molar-refractivity contribution in [3.05, 3.63) is 34.2 Å². The Kier molecular flexibility index (Phi) is 5.13. The van der Waals surface area contributed by atoms with Crippen molar-refractivity contribution < 1.29 is 14.2 Å². The van der Waals surface area contributed by atoms with Crippen LogP contribution >= 0.6 is 27.7 Å². The highest BCUT2D eigenvalue weighted by Gasteiger charge is 2.18. The van der Waals surface area contributed by atoms with Gasteiger partial charge in [-0.1, -0.05) is 16.9 Å². The molecule has 0 radical (unpaired) electrons. The first-order chi connectivity index (χ1) is 10.2. The maximum Gasteiger partial charge on any atom is 0.202 e. The number of rotatable bonds is 4. The maximum atomic E-state index is 13.2. The van der Waals surface area contributed by atoms with E-state index in [1.807, 2.05) is 6.07 Å². The van der Waals surface area contributed by atoms with E-state index in [4.69, 9.17) is 10.5 Å². The fraction of sp³-hybridized carbons (Fsp3) is 0.0909. The molecule has 0 saturated heterocycles. The molecule has 0 amide bonds. The van der Waals surface area contributed by atoms with Crippen LogP contribution in [-0.4, -0.2) is 27.1 Å². The minimum absolute atomic E-state index is 0.0322. The molecule has 0 spiro atoms. The summed E-state index contributed by atoms with van der Waals surface area (Å²) in [5.74, 6) is -0.311. The van der Waals surface area contributed by atoms with Crippen molar-refractivity contribution in [1.29, 1.82) is 5.26 Å². The lowest BCUT2D eigenvalue weighted by Gasteiger charge is -2.07. The maximum absolute atomic E-state index is 13.2. The molecule has 0 aliphatic rings. The van der Waals surface area contributed by atoms with E-state index in [-0.39, 0.29) is 21.8 Å².